The molecule has 0 aliphatic rings. The van der Waals surface area contributed by atoms with Gasteiger partial charge >= 0.3 is 0 Å². The maximum absolute atomic E-state index is 8.67. The van der Waals surface area contributed by atoms with Gasteiger partial charge in [-0.05, 0) is 6.07 Å². The van der Waals surface area contributed by atoms with Crippen molar-refractivity contribution in [2.45, 2.75) is 0 Å². The van der Waals surface area contributed by atoms with Gasteiger partial charge in [0.1, 0.15) is 11.8 Å². The first-order valence-electron chi connectivity index (χ1n) is 3.37. The highest BCUT2D eigenvalue weighted by molar-refractivity contribution is 5.84. The van der Waals surface area contributed by atoms with Crippen LogP contribution < -0.4 is 0 Å². The van der Waals surface area contributed by atoms with Crippen LogP contribution in [0, 0.1) is 11.3 Å². The van der Waals surface area contributed by atoms with E-state index in [1.807, 2.05) is 6.07 Å². The number of nitriles is 1. The summed E-state index contributed by atoms with van der Waals surface area (Å²) in [6.45, 7) is 0. The van der Waals surface area contributed by atoms with Crippen molar-refractivity contribution in [2.24, 2.45) is 0 Å². The minimum Gasteiger partial charge on any atom is -0.245 e. The molecule has 0 bridgehead atoms. The first-order chi connectivity index (χ1) is 5.92. The van der Waals surface area contributed by atoms with Crippen molar-refractivity contribution in [3.05, 3.63) is 30.4 Å². The van der Waals surface area contributed by atoms with Crippen LogP contribution in [-0.4, -0.2) is 15.2 Å². The highest BCUT2D eigenvalue weighted by Gasteiger charge is 1.99. The molecule has 2 rings (SSSR count). The summed E-state index contributed by atoms with van der Waals surface area (Å²) in [5, 5.41) is 17.7. The van der Waals surface area contributed by atoms with Crippen molar-refractivity contribution >= 4 is 10.8 Å². The van der Waals surface area contributed by atoms with E-state index in [0.29, 0.717) is 5.69 Å². The predicted octanol–water partition coefficient (Wildman–Crippen LogP) is 0.896. The van der Waals surface area contributed by atoms with E-state index in [9.17, 15) is 0 Å². The molecule has 0 radical (unpaired) electrons. The molecule has 0 aliphatic carbocycles. The Morgan fingerprint density at radius 1 is 1.25 bits per heavy atom. The van der Waals surface area contributed by atoms with Gasteiger partial charge in [-0.3, -0.25) is 0 Å². The molecule has 0 saturated carbocycles. The topological polar surface area (TPSA) is 62.5 Å². The van der Waals surface area contributed by atoms with E-state index in [4.69, 9.17) is 5.26 Å². The zero-order chi connectivity index (χ0) is 8.39. The molecular weight excluding hydrogens is 152 g/mol. The largest absolute Gasteiger partial charge is 0.245 e. The van der Waals surface area contributed by atoms with Crippen LogP contribution >= 0.6 is 0 Å². The van der Waals surface area contributed by atoms with Crippen molar-refractivity contribution in [1.29, 1.82) is 5.26 Å². The molecule has 0 fully saturated rings. The smallest absolute Gasteiger partial charge is 0.149 e. The van der Waals surface area contributed by atoms with Gasteiger partial charge in [-0.1, -0.05) is 0 Å². The average Bonchev–Trinajstić information content (AvgIpc) is 2.17. The molecule has 4 nitrogen and oxygen atoms in total. The second kappa shape index (κ2) is 2.55. The Kier molecular flexibility index (Phi) is 1.42. The molecule has 0 aliphatic heterocycles. The third-order valence-corrected chi connectivity index (χ3v) is 1.58. The maximum Gasteiger partial charge on any atom is 0.149 e. The fraction of sp³-hybridized carbons (Fsp3) is 0. The molecule has 0 amide bonds. The Labute approximate surface area is 68.5 Å². The monoisotopic (exact) mass is 156 g/mol. The van der Waals surface area contributed by atoms with Gasteiger partial charge in [0.05, 0.1) is 12.4 Å². The van der Waals surface area contributed by atoms with Crippen LogP contribution in [0.2, 0.25) is 0 Å². The van der Waals surface area contributed by atoms with Crippen LogP contribution in [0.4, 0.5) is 0 Å². The summed E-state index contributed by atoms with van der Waals surface area (Å²) in [7, 11) is 0. The second-order valence-electron chi connectivity index (χ2n) is 2.26. The second-order valence-corrected chi connectivity index (χ2v) is 2.26. The number of pyridine rings is 1. The van der Waals surface area contributed by atoms with Gasteiger partial charge in [0.2, 0.25) is 0 Å². The van der Waals surface area contributed by atoms with E-state index in [-0.39, 0.29) is 0 Å². The van der Waals surface area contributed by atoms with Gasteiger partial charge in [0.25, 0.3) is 0 Å². The van der Waals surface area contributed by atoms with E-state index >= 15 is 0 Å². The van der Waals surface area contributed by atoms with Crippen LogP contribution in [0.5, 0.6) is 0 Å². The molecule has 0 saturated heterocycles. The average molecular weight is 156 g/mol. The number of fused-ring (bicyclic) bond motifs is 1. The van der Waals surface area contributed by atoms with Gasteiger partial charge in [-0.2, -0.15) is 15.5 Å². The zero-order valence-corrected chi connectivity index (χ0v) is 6.10. The molecule has 12 heavy (non-hydrogen) atoms. The Balaban J connectivity index is 2.91. The minimum atomic E-state index is 0.391. The van der Waals surface area contributed by atoms with E-state index in [0.717, 1.165) is 10.8 Å². The highest BCUT2D eigenvalue weighted by atomic mass is 15.1. The lowest BCUT2D eigenvalue weighted by molar-refractivity contribution is 1.05. The van der Waals surface area contributed by atoms with Crippen molar-refractivity contribution in [3.63, 3.8) is 0 Å². The van der Waals surface area contributed by atoms with E-state index in [2.05, 4.69) is 15.2 Å². The SMILES string of the molecule is N#Cc1nccc2cnncc12. The fourth-order valence-electron chi connectivity index (χ4n) is 1.01. The molecule has 56 valence electrons. The van der Waals surface area contributed by atoms with Crippen LogP contribution in [-0.2, 0) is 0 Å². The van der Waals surface area contributed by atoms with Crippen LogP contribution in [0.25, 0.3) is 10.8 Å². The van der Waals surface area contributed by atoms with Crippen molar-refractivity contribution in [3.8, 4) is 6.07 Å². The third-order valence-electron chi connectivity index (χ3n) is 1.58. The normalized spacial score (nSPS) is 9.58. The fourth-order valence-corrected chi connectivity index (χ4v) is 1.01. The Morgan fingerprint density at radius 3 is 2.92 bits per heavy atom. The summed E-state index contributed by atoms with van der Waals surface area (Å²) in [5.74, 6) is 0. The molecule has 0 N–H and O–H groups in total. The van der Waals surface area contributed by atoms with Gasteiger partial charge in [-0.25, -0.2) is 4.98 Å². The summed E-state index contributed by atoms with van der Waals surface area (Å²) in [4.78, 5) is 3.90. The summed E-state index contributed by atoms with van der Waals surface area (Å²) in [6.07, 6.45) is 4.74. The van der Waals surface area contributed by atoms with Gasteiger partial charge in [0.15, 0.2) is 0 Å². The highest BCUT2D eigenvalue weighted by Crippen LogP contribution is 2.12. The summed E-state index contributed by atoms with van der Waals surface area (Å²) >= 11 is 0. The van der Waals surface area contributed by atoms with Crippen molar-refractivity contribution in [1.82, 2.24) is 15.2 Å². The Hall–Kier alpha value is -2.02. The summed E-state index contributed by atoms with van der Waals surface area (Å²) in [6, 6.07) is 3.79. The lowest BCUT2D eigenvalue weighted by atomic mass is 10.2. The Bertz CT molecular complexity index is 453. The quantitative estimate of drug-likeness (QED) is 0.568. The lowest BCUT2D eigenvalue weighted by Gasteiger charge is -1.94. The van der Waals surface area contributed by atoms with Crippen molar-refractivity contribution < 1.29 is 0 Å². The number of nitrogens with zero attached hydrogens (tertiary/aromatic N) is 4. The van der Waals surface area contributed by atoms with Crippen LogP contribution in [0.1, 0.15) is 5.69 Å². The predicted molar refractivity (Wildman–Crippen MR) is 42.0 cm³/mol. The van der Waals surface area contributed by atoms with E-state index in [1.165, 1.54) is 0 Å². The van der Waals surface area contributed by atoms with E-state index in [1.54, 1.807) is 24.7 Å². The number of hydrogen-bond donors (Lipinski definition) is 0. The number of hydrogen-bond acceptors (Lipinski definition) is 4. The van der Waals surface area contributed by atoms with Crippen LogP contribution in [0.3, 0.4) is 0 Å². The summed E-state index contributed by atoms with van der Waals surface area (Å²) in [5.41, 5.74) is 0.391. The van der Waals surface area contributed by atoms with Crippen LogP contribution in [0.15, 0.2) is 24.7 Å². The van der Waals surface area contributed by atoms with Gasteiger partial charge in [-0.15, -0.1) is 0 Å². The minimum absolute atomic E-state index is 0.391. The van der Waals surface area contributed by atoms with Crippen molar-refractivity contribution in [2.75, 3.05) is 0 Å². The third kappa shape index (κ3) is 0.883. The molecule has 2 heterocycles. The molecule has 2 aromatic heterocycles. The zero-order valence-electron chi connectivity index (χ0n) is 6.10. The van der Waals surface area contributed by atoms with E-state index < -0.39 is 0 Å². The lowest BCUT2D eigenvalue weighted by Crippen LogP contribution is -1.87. The number of rotatable bonds is 0. The standard InChI is InChI=1S/C8H4N4/c9-3-8-7-5-12-11-4-6(7)1-2-10-8/h1-2,4-5H. The van der Waals surface area contributed by atoms with Gasteiger partial charge in [0, 0.05) is 17.0 Å². The molecule has 0 atom stereocenters. The molecule has 0 spiro atoms. The first kappa shape index (κ1) is 6.68. The Morgan fingerprint density at radius 2 is 2.08 bits per heavy atom. The molecule has 0 aromatic carbocycles. The van der Waals surface area contributed by atoms with Gasteiger partial charge < -0.3 is 0 Å². The summed E-state index contributed by atoms with van der Waals surface area (Å²) < 4.78 is 0. The maximum atomic E-state index is 8.67. The first-order valence-corrected chi connectivity index (χ1v) is 3.37. The number of aromatic nitrogens is 3. The molecule has 2 aromatic rings. The molecule has 0 unspecified atom stereocenters. The molecule has 4 heteroatoms. The molecular formula is C8H4N4.